The first kappa shape index (κ1) is 22.8. The van der Waals surface area contributed by atoms with Gasteiger partial charge in [-0.05, 0) is 55.0 Å². The SMILES string of the molecule is CCOc1cccc(/C(O)=C2\C(=O)C(=O)N(c3cc(Cl)cc(Cl)c3)C2c2ccc(F)cc2)c1. The lowest BCUT2D eigenvalue weighted by Gasteiger charge is -2.25. The molecule has 8 heteroatoms. The van der Waals surface area contributed by atoms with E-state index < -0.39 is 23.5 Å². The summed E-state index contributed by atoms with van der Waals surface area (Å²) >= 11 is 12.3. The number of aliphatic hydroxyl groups excluding tert-OH is 1. The van der Waals surface area contributed by atoms with Gasteiger partial charge in [-0.1, -0.05) is 47.5 Å². The van der Waals surface area contributed by atoms with Crippen molar-refractivity contribution < 1.29 is 23.8 Å². The fourth-order valence-corrected chi connectivity index (χ4v) is 4.31. The average molecular weight is 486 g/mol. The Hall–Kier alpha value is -3.35. The van der Waals surface area contributed by atoms with Crippen molar-refractivity contribution in [3.05, 3.63) is 99.3 Å². The van der Waals surface area contributed by atoms with Crippen molar-refractivity contribution in [1.82, 2.24) is 0 Å². The molecule has 0 saturated carbocycles. The molecule has 1 saturated heterocycles. The van der Waals surface area contributed by atoms with Crippen LogP contribution in [0.1, 0.15) is 24.1 Å². The minimum absolute atomic E-state index is 0.142. The van der Waals surface area contributed by atoms with Crippen molar-refractivity contribution >= 4 is 46.3 Å². The first-order valence-corrected chi connectivity index (χ1v) is 10.8. The molecule has 0 spiro atoms. The third-order valence-corrected chi connectivity index (χ3v) is 5.61. The van der Waals surface area contributed by atoms with E-state index >= 15 is 0 Å². The molecule has 0 aliphatic carbocycles. The summed E-state index contributed by atoms with van der Waals surface area (Å²) in [6.07, 6.45) is 0. The minimum atomic E-state index is -1.03. The Labute approximate surface area is 199 Å². The molecule has 1 aliphatic heterocycles. The maximum Gasteiger partial charge on any atom is 0.300 e. The summed E-state index contributed by atoms with van der Waals surface area (Å²) in [7, 11) is 0. The van der Waals surface area contributed by atoms with Gasteiger partial charge in [-0.2, -0.15) is 0 Å². The maximum atomic E-state index is 13.6. The van der Waals surface area contributed by atoms with E-state index in [-0.39, 0.29) is 27.1 Å². The van der Waals surface area contributed by atoms with Crippen LogP contribution in [-0.4, -0.2) is 23.4 Å². The van der Waals surface area contributed by atoms with Gasteiger partial charge in [0, 0.05) is 21.3 Å². The van der Waals surface area contributed by atoms with Crippen LogP contribution in [0.2, 0.25) is 10.0 Å². The van der Waals surface area contributed by atoms with Crippen LogP contribution in [0.4, 0.5) is 10.1 Å². The molecular formula is C25H18Cl2FNO4. The van der Waals surface area contributed by atoms with Crippen LogP contribution in [0.5, 0.6) is 5.75 Å². The van der Waals surface area contributed by atoms with Crippen molar-refractivity contribution in [2.45, 2.75) is 13.0 Å². The Balaban J connectivity index is 1.94. The lowest BCUT2D eigenvalue weighted by Crippen LogP contribution is -2.29. The van der Waals surface area contributed by atoms with Gasteiger partial charge in [-0.15, -0.1) is 0 Å². The number of aliphatic hydroxyl groups is 1. The monoisotopic (exact) mass is 485 g/mol. The standard InChI is InChI=1S/C25H18Cl2FNO4/c1-2-33-20-5-3-4-15(10-20)23(30)21-22(14-6-8-18(28)9-7-14)29(25(32)24(21)31)19-12-16(26)11-17(27)13-19/h3-13,22,30H,2H2,1H3/b23-21+. The molecule has 3 aromatic rings. The Morgan fingerprint density at radius 2 is 1.70 bits per heavy atom. The smallest absolute Gasteiger partial charge is 0.300 e. The number of benzene rings is 3. The largest absolute Gasteiger partial charge is 0.507 e. The molecule has 4 rings (SSSR count). The number of rotatable bonds is 5. The lowest BCUT2D eigenvalue weighted by molar-refractivity contribution is -0.132. The Morgan fingerprint density at radius 3 is 2.33 bits per heavy atom. The van der Waals surface area contributed by atoms with Gasteiger partial charge in [-0.25, -0.2) is 4.39 Å². The third kappa shape index (κ3) is 4.45. The second-order valence-electron chi connectivity index (χ2n) is 7.31. The first-order valence-electron chi connectivity index (χ1n) is 10.1. The maximum absolute atomic E-state index is 13.6. The number of ketones is 1. The van der Waals surface area contributed by atoms with Gasteiger partial charge in [0.25, 0.3) is 11.7 Å². The molecule has 1 fully saturated rings. The van der Waals surface area contributed by atoms with Crippen molar-refractivity contribution in [1.29, 1.82) is 0 Å². The summed E-state index contributed by atoms with van der Waals surface area (Å²) in [5.74, 6) is -2.12. The normalized spacial score (nSPS) is 17.5. The molecule has 5 nitrogen and oxygen atoms in total. The number of anilines is 1. The number of halogens is 3. The molecule has 1 aliphatic rings. The molecule has 0 aromatic heterocycles. The quantitative estimate of drug-likeness (QED) is 0.267. The van der Waals surface area contributed by atoms with Crippen LogP contribution in [0, 0.1) is 5.82 Å². The summed E-state index contributed by atoms with van der Waals surface area (Å²) in [4.78, 5) is 27.5. The Bertz CT molecular complexity index is 1250. The third-order valence-electron chi connectivity index (χ3n) is 5.17. The number of carbonyl (C=O) groups excluding carboxylic acids is 2. The molecule has 1 unspecified atom stereocenters. The van der Waals surface area contributed by atoms with Gasteiger partial charge in [0.05, 0.1) is 18.2 Å². The summed E-state index contributed by atoms with van der Waals surface area (Å²) in [6, 6.07) is 15.3. The fourth-order valence-electron chi connectivity index (χ4n) is 3.79. The molecule has 1 amide bonds. The van der Waals surface area contributed by atoms with Gasteiger partial charge in [0.1, 0.15) is 17.3 Å². The van der Waals surface area contributed by atoms with E-state index in [9.17, 15) is 19.1 Å². The summed E-state index contributed by atoms with van der Waals surface area (Å²) in [6.45, 7) is 2.24. The lowest BCUT2D eigenvalue weighted by atomic mass is 9.95. The Kier molecular flexibility index (Phi) is 6.40. The summed E-state index contributed by atoms with van der Waals surface area (Å²) in [5.41, 5.74) is 0.854. The molecule has 1 heterocycles. The number of amides is 1. The van der Waals surface area contributed by atoms with Crippen LogP contribution < -0.4 is 9.64 Å². The average Bonchev–Trinajstić information content (AvgIpc) is 3.04. The van der Waals surface area contributed by atoms with E-state index in [1.54, 1.807) is 24.3 Å². The number of hydrogen-bond acceptors (Lipinski definition) is 4. The zero-order valence-electron chi connectivity index (χ0n) is 17.4. The molecule has 0 bridgehead atoms. The van der Waals surface area contributed by atoms with Crippen LogP contribution in [0.25, 0.3) is 5.76 Å². The number of Topliss-reactive ketones (excluding diaryl/α,β-unsaturated/α-hetero) is 1. The topological polar surface area (TPSA) is 66.8 Å². The second kappa shape index (κ2) is 9.25. The molecular weight excluding hydrogens is 468 g/mol. The Morgan fingerprint density at radius 1 is 1.03 bits per heavy atom. The predicted octanol–water partition coefficient (Wildman–Crippen LogP) is 6.16. The zero-order chi connectivity index (χ0) is 23.7. The predicted molar refractivity (Wildman–Crippen MR) is 125 cm³/mol. The summed E-state index contributed by atoms with van der Waals surface area (Å²) < 4.78 is 19.1. The second-order valence-corrected chi connectivity index (χ2v) is 8.18. The van der Waals surface area contributed by atoms with Crippen LogP contribution in [0.15, 0.2) is 72.3 Å². The van der Waals surface area contributed by atoms with E-state index in [4.69, 9.17) is 27.9 Å². The minimum Gasteiger partial charge on any atom is -0.507 e. The van der Waals surface area contributed by atoms with Gasteiger partial charge in [0.2, 0.25) is 0 Å². The van der Waals surface area contributed by atoms with Crippen molar-refractivity contribution in [2.75, 3.05) is 11.5 Å². The number of nitrogens with zero attached hydrogens (tertiary/aromatic N) is 1. The highest BCUT2D eigenvalue weighted by Gasteiger charge is 2.47. The van der Waals surface area contributed by atoms with Crippen LogP contribution in [-0.2, 0) is 9.59 Å². The molecule has 1 atom stereocenters. The van der Waals surface area contributed by atoms with E-state index in [0.717, 1.165) is 0 Å². The first-order chi connectivity index (χ1) is 15.8. The number of ether oxygens (including phenoxy) is 1. The van der Waals surface area contributed by atoms with Gasteiger partial charge < -0.3 is 9.84 Å². The molecule has 3 aromatic carbocycles. The number of carbonyl (C=O) groups is 2. The van der Waals surface area contributed by atoms with E-state index in [1.807, 2.05) is 6.92 Å². The van der Waals surface area contributed by atoms with E-state index in [0.29, 0.717) is 23.5 Å². The highest BCUT2D eigenvalue weighted by Crippen LogP contribution is 2.43. The van der Waals surface area contributed by atoms with Crippen molar-refractivity contribution in [3.8, 4) is 5.75 Å². The van der Waals surface area contributed by atoms with Crippen LogP contribution >= 0.6 is 23.2 Å². The van der Waals surface area contributed by atoms with Gasteiger partial charge in [-0.3, -0.25) is 14.5 Å². The number of hydrogen-bond donors (Lipinski definition) is 1. The molecule has 1 N–H and O–H groups in total. The fraction of sp³-hybridized carbons (Fsp3) is 0.120. The van der Waals surface area contributed by atoms with Crippen molar-refractivity contribution in [3.63, 3.8) is 0 Å². The molecule has 168 valence electrons. The van der Waals surface area contributed by atoms with Crippen LogP contribution in [0.3, 0.4) is 0 Å². The molecule has 0 radical (unpaired) electrons. The highest BCUT2D eigenvalue weighted by molar-refractivity contribution is 6.52. The van der Waals surface area contributed by atoms with Gasteiger partial charge in [0.15, 0.2) is 0 Å². The summed E-state index contributed by atoms with van der Waals surface area (Å²) in [5, 5.41) is 11.7. The van der Waals surface area contributed by atoms with Gasteiger partial charge >= 0.3 is 0 Å². The van der Waals surface area contributed by atoms with Crippen molar-refractivity contribution in [2.24, 2.45) is 0 Å². The van der Waals surface area contributed by atoms with E-state index in [2.05, 4.69) is 0 Å². The molecule has 33 heavy (non-hydrogen) atoms. The highest BCUT2D eigenvalue weighted by atomic mass is 35.5. The van der Waals surface area contributed by atoms with E-state index in [1.165, 1.54) is 47.4 Å². The zero-order valence-corrected chi connectivity index (χ0v) is 18.9.